The van der Waals surface area contributed by atoms with Crippen molar-refractivity contribution in [1.29, 1.82) is 0 Å². The number of hydrogen-bond acceptors (Lipinski definition) is 0. The van der Waals surface area contributed by atoms with E-state index in [1.165, 1.54) is 0 Å². The van der Waals surface area contributed by atoms with E-state index in [0.717, 1.165) is 0 Å². The smallest absolute Gasteiger partial charge is 0.174 e. The number of benzene rings is 1. The van der Waals surface area contributed by atoms with Crippen LogP contribution in [0.1, 0.15) is 0 Å². The lowest BCUT2D eigenvalue weighted by molar-refractivity contribution is 1.77. The number of rotatable bonds is 1. The van der Waals surface area contributed by atoms with Crippen LogP contribution in [0, 0.1) is 0 Å². The molecule has 0 saturated carbocycles. The molecule has 0 radical (unpaired) electrons. The zero-order chi connectivity index (χ0) is 5.82. The van der Waals surface area contributed by atoms with Gasteiger partial charge >= 0.3 is 20.4 Å². The maximum Gasteiger partial charge on any atom is 0.404 e. The van der Waals surface area contributed by atoms with E-state index in [1.807, 2.05) is 0 Å². The highest BCUT2D eigenvalue weighted by Crippen LogP contribution is 1.79. The van der Waals surface area contributed by atoms with Gasteiger partial charge in [-0.15, -0.1) is 17.5 Å². The average Bonchev–Trinajstić information content (AvgIpc) is 1.90. The third-order valence-corrected chi connectivity index (χ3v) is 2.54. The average molecular weight is 153 g/mol. The zero-order valence-electron chi connectivity index (χ0n) is 5.50. The van der Waals surface area contributed by atoms with Crippen LogP contribution < -0.4 is 3.69 Å². The fourth-order valence-electron chi connectivity index (χ4n) is 0.714. The van der Waals surface area contributed by atoms with Gasteiger partial charge in [-0.3, -0.25) is 0 Å². The molecular formula is C7H9ClMg. The first-order valence-electron chi connectivity index (χ1n) is 2.97. The molecule has 0 N–H and O–H groups in total. The molecule has 0 spiro atoms. The Kier molecular flexibility index (Phi) is 5.25. The Balaban J connectivity index is 0.000000640. The molecular weight excluding hydrogens is 144 g/mol. The summed E-state index contributed by atoms with van der Waals surface area (Å²) in [6, 6.07) is 10.7. The molecule has 9 heavy (non-hydrogen) atoms. The third-order valence-electron chi connectivity index (χ3n) is 1.25. The van der Waals surface area contributed by atoms with Gasteiger partial charge in [-0.1, -0.05) is 30.3 Å². The highest BCUT2D eigenvalue weighted by Gasteiger charge is 1.85. The molecule has 0 amide bonds. The van der Waals surface area contributed by atoms with Gasteiger partial charge in [-0.25, -0.2) is 0 Å². The molecule has 0 saturated heterocycles. The van der Waals surface area contributed by atoms with E-state index in [2.05, 4.69) is 35.4 Å². The van der Waals surface area contributed by atoms with Crippen molar-refractivity contribution < 1.29 is 0 Å². The maximum atomic E-state index is 2.30. The van der Waals surface area contributed by atoms with Crippen molar-refractivity contribution >= 4 is 36.5 Å². The van der Waals surface area contributed by atoms with E-state index in [-0.39, 0.29) is 32.8 Å². The molecule has 0 fully saturated rings. The van der Waals surface area contributed by atoms with Crippen LogP contribution in [0.25, 0.3) is 0 Å². The summed E-state index contributed by atoms with van der Waals surface area (Å²) in [5.74, 6) is 0. The predicted octanol–water partition coefficient (Wildman–Crippen LogP) is 1.49. The minimum Gasteiger partial charge on any atom is -0.174 e. The Morgan fingerprint density at radius 2 is 1.67 bits per heavy atom. The molecule has 1 rings (SSSR count). The summed E-state index contributed by atoms with van der Waals surface area (Å²) in [6.45, 7) is 0. The highest BCUT2D eigenvalue weighted by atomic mass is 35.5. The second kappa shape index (κ2) is 5.09. The van der Waals surface area contributed by atoms with Crippen molar-refractivity contribution in [3.63, 3.8) is 0 Å². The summed E-state index contributed by atoms with van der Waals surface area (Å²) in [5, 5.41) is 2.30. The summed E-state index contributed by atoms with van der Waals surface area (Å²) in [4.78, 5) is 0. The molecule has 0 nitrogen and oxygen atoms in total. The quantitative estimate of drug-likeness (QED) is 0.536. The molecule has 0 aliphatic rings. The molecule has 0 aliphatic carbocycles. The van der Waals surface area contributed by atoms with E-state index in [1.54, 1.807) is 3.69 Å². The first-order valence-corrected chi connectivity index (χ1v) is 5.09. The van der Waals surface area contributed by atoms with Gasteiger partial charge in [0.1, 0.15) is 0 Å². The van der Waals surface area contributed by atoms with Crippen LogP contribution in [0.4, 0.5) is 0 Å². The Labute approximate surface area is 71.8 Å². The summed E-state index contributed by atoms with van der Waals surface area (Å²) < 4.78 is 1.55. The first-order chi connectivity index (χ1) is 3.93. The Morgan fingerprint density at radius 1 is 1.11 bits per heavy atom. The summed E-state index contributed by atoms with van der Waals surface area (Å²) in [5.41, 5.74) is 0. The minimum absolute atomic E-state index is 0. The summed E-state index contributed by atoms with van der Waals surface area (Å²) in [7, 11) is 0. The molecule has 0 aliphatic heterocycles. The Bertz CT molecular complexity index is 150. The molecule has 1 aromatic carbocycles. The van der Waals surface area contributed by atoms with Crippen LogP contribution in [0.2, 0.25) is 5.05 Å². The number of halogens is 1. The van der Waals surface area contributed by atoms with Gasteiger partial charge in [0, 0.05) is 0 Å². The lowest BCUT2D eigenvalue weighted by Crippen LogP contribution is -2.07. The fraction of sp³-hybridized carbons (Fsp3) is 0.143. The third kappa shape index (κ3) is 3.09. The molecule has 46 valence electrons. The largest absolute Gasteiger partial charge is 0.404 e. The van der Waals surface area contributed by atoms with E-state index in [0.29, 0.717) is 0 Å². The van der Waals surface area contributed by atoms with Crippen LogP contribution in [-0.2, 0) is 0 Å². The van der Waals surface area contributed by atoms with Gasteiger partial charge in [0.25, 0.3) is 0 Å². The van der Waals surface area contributed by atoms with Gasteiger partial charge in [0.05, 0.1) is 0 Å². The summed E-state index contributed by atoms with van der Waals surface area (Å²) in [6.07, 6.45) is 0. The van der Waals surface area contributed by atoms with E-state index in [4.69, 9.17) is 0 Å². The minimum atomic E-state index is 0. The van der Waals surface area contributed by atoms with Crippen molar-refractivity contribution in [2.75, 3.05) is 0 Å². The predicted molar refractivity (Wildman–Crippen MR) is 44.9 cm³/mol. The van der Waals surface area contributed by atoms with Gasteiger partial charge < -0.3 is 0 Å². The zero-order valence-corrected chi connectivity index (χ0v) is 7.73. The van der Waals surface area contributed by atoms with Crippen LogP contribution in [0.3, 0.4) is 0 Å². The SMILES string of the molecule is Cl.[CH3][Mg][c]1ccccc1. The highest BCUT2D eigenvalue weighted by molar-refractivity contribution is 6.51. The number of hydrogen-bond donors (Lipinski definition) is 0. The Hall–Kier alpha value is 0.276. The first kappa shape index (κ1) is 9.28. The standard InChI is InChI=1S/C6H5.CH3.ClH.Mg/c1-2-4-6-5-3-1;;;/h1-5H;1H3;1H;. The second-order valence-corrected chi connectivity index (χ2v) is 3.36. The monoisotopic (exact) mass is 152 g/mol. The van der Waals surface area contributed by atoms with Crippen LogP contribution in [0.15, 0.2) is 30.3 Å². The van der Waals surface area contributed by atoms with E-state index < -0.39 is 0 Å². The van der Waals surface area contributed by atoms with Crippen LogP contribution in [0.5, 0.6) is 0 Å². The lowest BCUT2D eigenvalue weighted by atomic mass is 10.4. The Morgan fingerprint density at radius 3 is 2.00 bits per heavy atom. The molecule has 0 unspecified atom stereocenters. The fourth-order valence-corrected chi connectivity index (χ4v) is 1.46. The van der Waals surface area contributed by atoms with Crippen molar-refractivity contribution in [2.24, 2.45) is 0 Å². The van der Waals surface area contributed by atoms with Crippen molar-refractivity contribution in [3.05, 3.63) is 30.3 Å². The molecule has 1 aromatic rings. The van der Waals surface area contributed by atoms with Crippen LogP contribution in [-0.4, -0.2) is 20.4 Å². The molecule has 2 heteroatoms. The van der Waals surface area contributed by atoms with Crippen LogP contribution >= 0.6 is 12.4 Å². The molecule has 0 atom stereocenters. The van der Waals surface area contributed by atoms with Crippen molar-refractivity contribution in [3.8, 4) is 0 Å². The lowest BCUT2D eigenvalue weighted by Gasteiger charge is -1.88. The maximum absolute atomic E-state index is 2.30. The topological polar surface area (TPSA) is 0 Å². The van der Waals surface area contributed by atoms with E-state index in [9.17, 15) is 0 Å². The van der Waals surface area contributed by atoms with E-state index >= 15 is 0 Å². The van der Waals surface area contributed by atoms with Crippen molar-refractivity contribution in [2.45, 2.75) is 5.05 Å². The van der Waals surface area contributed by atoms with Gasteiger partial charge in [-0.2, -0.15) is 3.69 Å². The van der Waals surface area contributed by atoms with Gasteiger partial charge in [-0.05, 0) is 0 Å². The van der Waals surface area contributed by atoms with Crippen molar-refractivity contribution in [1.82, 2.24) is 0 Å². The van der Waals surface area contributed by atoms with Gasteiger partial charge in [0.15, 0.2) is 0 Å². The summed E-state index contributed by atoms with van der Waals surface area (Å²) >= 11 is 0.0913. The normalized spacial score (nSPS) is 7.22. The molecule has 0 aromatic heterocycles. The van der Waals surface area contributed by atoms with Gasteiger partial charge in [0.2, 0.25) is 0 Å². The molecule has 0 heterocycles. The second-order valence-electron chi connectivity index (χ2n) is 1.84. The molecule has 0 bridgehead atoms.